The fourth-order valence-corrected chi connectivity index (χ4v) is 7.66. The molecule has 0 spiro atoms. The molecule has 8 nitrogen and oxygen atoms in total. The molecule has 2 aliphatic heterocycles. The Hall–Kier alpha value is -2.41. The normalized spacial score (nSPS) is 25.2. The number of rotatable bonds is 7. The van der Waals surface area contributed by atoms with Crippen LogP contribution in [0.15, 0.2) is 47.5 Å². The van der Waals surface area contributed by atoms with E-state index in [2.05, 4.69) is 16.8 Å². The van der Waals surface area contributed by atoms with Gasteiger partial charge in [-0.15, -0.1) is 0 Å². The second-order valence-electron chi connectivity index (χ2n) is 10.9. The van der Waals surface area contributed by atoms with Crippen LogP contribution in [0, 0.1) is 0 Å². The molecular weight excluding hydrogens is 531 g/mol. The number of piperazine rings is 1. The van der Waals surface area contributed by atoms with Gasteiger partial charge in [0.2, 0.25) is 15.9 Å². The zero-order chi connectivity index (χ0) is 27.9. The highest BCUT2D eigenvalue weighted by Crippen LogP contribution is 2.37. The molecule has 39 heavy (non-hydrogen) atoms. The van der Waals surface area contributed by atoms with Gasteiger partial charge >= 0.3 is 6.18 Å². The van der Waals surface area contributed by atoms with Crippen LogP contribution in [0.4, 0.5) is 13.2 Å². The highest BCUT2D eigenvalue weighted by molar-refractivity contribution is 7.89. The smallest absolute Gasteiger partial charge is 0.349 e. The Morgan fingerprint density at radius 3 is 2.44 bits per heavy atom. The maximum absolute atomic E-state index is 13.6. The number of halogens is 3. The Kier molecular flexibility index (Phi) is 7.84. The molecular formula is C27H36F3N5O3S. The summed E-state index contributed by atoms with van der Waals surface area (Å²) in [4.78, 5) is 19.4. The largest absolute Gasteiger partial charge is 0.416 e. The number of nitrogens with zero attached hydrogens (tertiary/aromatic N) is 5. The monoisotopic (exact) mass is 567 g/mol. The molecule has 0 radical (unpaired) electrons. The van der Waals surface area contributed by atoms with Crippen molar-refractivity contribution in [3.63, 3.8) is 0 Å². The molecule has 1 aliphatic carbocycles. The van der Waals surface area contributed by atoms with Gasteiger partial charge in [0.05, 0.1) is 16.5 Å². The maximum atomic E-state index is 13.6. The Bertz CT molecular complexity index is 1280. The zero-order valence-electron chi connectivity index (χ0n) is 22.3. The second-order valence-corrected chi connectivity index (χ2v) is 12.8. The molecule has 214 valence electrons. The summed E-state index contributed by atoms with van der Waals surface area (Å²) in [5.41, 5.74) is -0.265. The van der Waals surface area contributed by atoms with Gasteiger partial charge in [0, 0.05) is 76.7 Å². The van der Waals surface area contributed by atoms with Crippen LogP contribution in [0.5, 0.6) is 0 Å². The molecule has 1 saturated heterocycles. The van der Waals surface area contributed by atoms with Crippen molar-refractivity contribution in [1.29, 1.82) is 0 Å². The number of hydrogen-bond donors (Lipinski definition) is 0. The summed E-state index contributed by atoms with van der Waals surface area (Å²) in [6.07, 6.45) is -0.514. The van der Waals surface area contributed by atoms with E-state index in [1.54, 1.807) is 4.90 Å². The number of benzene rings is 1. The van der Waals surface area contributed by atoms with Gasteiger partial charge in [0.1, 0.15) is 0 Å². The van der Waals surface area contributed by atoms with Crippen LogP contribution in [0.2, 0.25) is 0 Å². The van der Waals surface area contributed by atoms with Gasteiger partial charge in [-0.1, -0.05) is 6.07 Å². The van der Waals surface area contributed by atoms with Crippen molar-refractivity contribution in [2.75, 3.05) is 46.8 Å². The number of likely N-dealkylation sites (N-methyl/N-ethyl adjacent to an activating group) is 1. The number of sulfonamides is 1. The first-order valence-electron chi connectivity index (χ1n) is 13.5. The molecule has 2 aromatic rings. The van der Waals surface area contributed by atoms with E-state index >= 15 is 0 Å². The van der Waals surface area contributed by atoms with Crippen molar-refractivity contribution >= 4 is 15.9 Å². The fourth-order valence-electron chi connectivity index (χ4n) is 5.99. The average molecular weight is 568 g/mol. The third kappa shape index (κ3) is 5.75. The lowest BCUT2D eigenvalue weighted by atomic mass is 9.84. The second kappa shape index (κ2) is 10.9. The SMILES string of the molecule is CN1CCN(C2CC(N(C)C(=O)CCC3c4cccn4CCN3S(=O)(=O)c3cccc(C(F)(F)F)c3)C2)CC1. The minimum atomic E-state index is -4.65. The van der Waals surface area contributed by atoms with Crippen LogP contribution in [0.1, 0.15) is 43.0 Å². The zero-order valence-corrected chi connectivity index (χ0v) is 23.2. The molecule has 1 aromatic carbocycles. The number of carbonyl (C=O) groups excluding carboxylic acids is 1. The lowest BCUT2D eigenvalue weighted by Crippen LogP contribution is -2.58. The van der Waals surface area contributed by atoms with Crippen molar-refractivity contribution in [2.24, 2.45) is 0 Å². The molecule has 1 saturated carbocycles. The summed E-state index contributed by atoms with van der Waals surface area (Å²) in [6, 6.07) is 7.52. The van der Waals surface area contributed by atoms with Crippen molar-refractivity contribution in [1.82, 2.24) is 23.6 Å². The van der Waals surface area contributed by atoms with Crippen LogP contribution >= 0.6 is 0 Å². The first-order chi connectivity index (χ1) is 18.4. The molecule has 0 bridgehead atoms. The Labute approximate surface area is 228 Å². The van der Waals surface area contributed by atoms with Crippen molar-refractivity contribution in [2.45, 2.75) is 61.4 Å². The summed E-state index contributed by atoms with van der Waals surface area (Å²) >= 11 is 0. The Morgan fingerprint density at radius 1 is 1.03 bits per heavy atom. The van der Waals surface area contributed by atoms with Crippen LogP contribution in [-0.4, -0.2) is 96.8 Å². The number of fused-ring (bicyclic) bond motifs is 1. The van der Waals surface area contributed by atoms with Crippen molar-refractivity contribution in [3.05, 3.63) is 53.9 Å². The summed E-state index contributed by atoms with van der Waals surface area (Å²) in [6.45, 7) is 4.70. The molecule has 3 heterocycles. The Balaban J connectivity index is 1.26. The van der Waals surface area contributed by atoms with Gasteiger partial charge in [-0.3, -0.25) is 9.69 Å². The van der Waals surface area contributed by atoms with Gasteiger partial charge in [-0.2, -0.15) is 17.5 Å². The van der Waals surface area contributed by atoms with E-state index in [9.17, 15) is 26.4 Å². The summed E-state index contributed by atoms with van der Waals surface area (Å²) in [7, 11) is -0.289. The molecule has 1 atom stereocenters. The highest BCUT2D eigenvalue weighted by atomic mass is 32.2. The van der Waals surface area contributed by atoms with E-state index in [1.165, 1.54) is 10.4 Å². The summed E-state index contributed by atoms with van der Waals surface area (Å²) < 4.78 is 70.3. The number of hydrogen-bond acceptors (Lipinski definition) is 5. The van der Waals surface area contributed by atoms with Crippen LogP contribution in [-0.2, 0) is 27.5 Å². The van der Waals surface area contributed by atoms with Crippen LogP contribution in [0.3, 0.4) is 0 Å². The van der Waals surface area contributed by atoms with Gasteiger partial charge < -0.3 is 14.4 Å². The van der Waals surface area contributed by atoms with Crippen molar-refractivity contribution in [3.8, 4) is 0 Å². The number of amides is 1. The summed E-state index contributed by atoms with van der Waals surface area (Å²) in [5.74, 6) is -0.0445. The molecule has 0 N–H and O–H groups in total. The van der Waals surface area contributed by atoms with Gasteiger partial charge in [-0.25, -0.2) is 8.42 Å². The molecule has 12 heteroatoms. The lowest BCUT2D eigenvalue weighted by molar-refractivity contribution is -0.138. The standard InChI is InChI=1S/C27H36F3N5O3S/c1-31-11-13-33(14-12-31)22-18-21(19-22)32(2)26(36)9-8-25-24-7-4-10-34(24)15-16-35(25)39(37,38)23-6-3-5-20(17-23)27(28,29)30/h3-7,10,17,21-22,25H,8-9,11-16,18-19H2,1-2H3. The average Bonchev–Trinajstić information content (AvgIpc) is 3.36. The number of aromatic nitrogens is 1. The van der Waals surface area contributed by atoms with E-state index in [1.807, 2.05) is 29.9 Å². The molecule has 1 aromatic heterocycles. The summed E-state index contributed by atoms with van der Waals surface area (Å²) in [5, 5.41) is 0. The van der Waals surface area contributed by atoms with E-state index in [-0.39, 0.29) is 31.3 Å². The van der Waals surface area contributed by atoms with Gasteiger partial charge in [0.25, 0.3) is 0 Å². The predicted molar refractivity (Wildman–Crippen MR) is 140 cm³/mol. The molecule has 2 fully saturated rings. The topological polar surface area (TPSA) is 69.1 Å². The van der Waals surface area contributed by atoms with E-state index < -0.39 is 32.7 Å². The lowest BCUT2D eigenvalue weighted by Gasteiger charge is -2.48. The third-order valence-electron chi connectivity index (χ3n) is 8.60. The number of carbonyl (C=O) groups is 1. The van der Waals surface area contributed by atoms with Gasteiger partial charge in [0.15, 0.2) is 0 Å². The molecule has 1 unspecified atom stereocenters. The van der Waals surface area contributed by atoms with E-state index in [4.69, 9.17) is 0 Å². The third-order valence-corrected chi connectivity index (χ3v) is 10.5. The fraction of sp³-hybridized carbons (Fsp3) is 0.593. The Morgan fingerprint density at radius 2 is 1.74 bits per heavy atom. The highest BCUT2D eigenvalue weighted by Gasteiger charge is 2.40. The molecule has 5 rings (SSSR count). The molecule has 1 amide bonds. The van der Waals surface area contributed by atoms with Crippen LogP contribution < -0.4 is 0 Å². The van der Waals surface area contributed by atoms with Gasteiger partial charge in [-0.05, 0) is 56.6 Å². The first-order valence-corrected chi connectivity index (χ1v) is 14.9. The minimum absolute atomic E-state index is 0.0445. The minimum Gasteiger partial charge on any atom is -0.349 e. The number of alkyl halides is 3. The van der Waals surface area contributed by atoms with E-state index in [0.29, 0.717) is 18.7 Å². The first kappa shape index (κ1) is 28.1. The molecule has 3 aliphatic rings. The predicted octanol–water partition coefficient (Wildman–Crippen LogP) is 3.27. The van der Waals surface area contributed by atoms with Crippen LogP contribution in [0.25, 0.3) is 0 Å². The van der Waals surface area contributed by atoms with E-state index in [0.717, 1.165) is 56.8 Å². The maximum Gasteiger partial charge on any atom is 0.416 e. The van der Waals surface area contributed by atoms with Crippen molar-refractivity contribution < 1.29 is 26.4 Å². The quantitative estimate of drug-likeness (QED) is 0.514.